The van der Waals surface area contributed by atoms with Gasteiger partial charge in [0.05, 0.1) is 15.9 Å². The van der Waals surface area contributed by atoms with E-state index in [9.17, 15) is 4.79 Å². The van der Waals surface area contributed by atoms with Crippen LogP contribution < -0.4 is 10.6 Å². The third-order valence-corrected chi connectivity index (χ3v) is 3.95. The van der Waals surface area contributed by atoms with Crippen LogP contribution in [0.15, 0.2) is 30.5 Å². The van der Waals surface area contributed by atoms with E-state index in [-0.39, 0.29) is 12.1 Å². The fourth-order valence-corrected chi connectivity index (χ4v) is 2.81. The van der Waals surface area contributed by atoms with E-state index in [1.54, 1.807) is 11.3 Å². The fourth-order valence-electron chi connectivity index (χ4n) is 2.03. The molecule has 0 spiro atoms. The average Bonchev–Trinajstić information content (AvgIpc) is 2.98. The summed E-state index contributed by atoms with van der Waals surface area (Å²) < 4.78 is 0. The topological polar surface area (TPSA) is 54.0 Å². The van der Waals surface area contributed by atoms with Gasteiger partial charge in [0.1, 0.15) is 0 Å². The number of hydrogen-bond acceptors (Lipinski definition) is 3. The zero-order chi connectivity index (χ0) is 12.5. The monoisotopic (exact) mass is 259 g/mol. The quantitative estimate of drug-likeness (QED) is 0.870. The minimum atomic E-state index is -0.0952. The first kappa shape index (κ1) is 11.2. The predicted molar refractivity (Wildman–Crippen MR) is 71.6 cm³/mol. The van der Waals surface area contributed by atoms with E-state index in [1.165, 1.54) is 10.4 Å². The molecule has 18 heavy (non-hydrogen) atoms. The molecule has 1 fully saturated rings. The summed E-state index contributed by atoms with van der Waals surface area (Å²) in [6.07, 6.45) is 1.90. The minimum Gasteiger partial charge on any atom is -0.336 e. The number of amides is 2. The largest absolute Gasteiger partial charge is 0.336 e. The Labute approximate surface area is 109 Å². The summed E-state index contributed by atoms with van der Waals surface area (Å²) in [5.41, 5.74) is 2.29. The smallest absolute Gasteiger partial charge is 0.315 e. The molecule has 0 saturated carbocycles. The molecule has 1 aliphatic rings. The number of thiazole rings is 1. The molecule has 0 radical (unpaired) electrons. The second kappa shape index (κ2) is 4.42. The molecule has 1 atom stereocenters. The van der Waals surface area contributed by atoms with E-state index >= 15 is 0 Å². The van der Waals surface area contributed by atoms with Gasteiger partial charge in [-0.3, -0.25) is 0 Å². The van der Waals surface area contributed by atoms with E-state index in [0.717, 1.165) is 10.6 Å². The Morgan fingerprint density at radius 3 is 2.67 bits per heavy atom. The van der Waals surface area contributed by atoms with Gasteiger partial charge in [0.2, 0.25) is 0 Å². The van der Waals surface area contributed by atoms with Crippen LogP contribution in [0.3, 0.4) is 0 Å². The van der Waals surface area contributed by atoms with Crippen LogP contribution in [-0.4, -0.2) is 17.6 Å². The molecule has 1 aromatic heterocycles. The highest BCUT2D eigenvalue weighted by Gasteiger charge is 2.21. The first-order valence-electron chi connectivity index (χ1n) is 5.79. The number of carbonyl (C=O) groups excluding carboxylic acids is 1. The molecule has 5 heteroatoms. The van der Waals surface area contributed by atoms with Gasteiger partial charge >= 0.3 is 6.03 Å². The summed E-state index contributed by atoms with van der Waals surface area (Å²) in [6.45, 7) is 2.65. The van der Waals surface area contributed by atoms with Crippen LogP contribution in [0, 0.1) is 6.92 Å². The lowest BCUT2D eigenvalue weighted by molar-refractivity contribution is 0.247. The first-order chi connectivity index (χ1) is 8.72. The van der Waals surface area contributed by atoms with Crippen LogP contribution in [0.1, 0.15) is 16.6 Å². The van der Waals surface area contributed by atoms with Crippen LogP contribution in [0.4, 0.5) is 4.79 Å². The van der Waals surface area contributed by atoms with Gasteiger partial charge in [0.15, 0.2) is 0 Å². The Bertz CT molecular complexity index is 576. The second-order valence-corrected chi connectivity index (χ2v) is 5.51. The number of aromatic nitrogens is 1. The molecule has 2 N–H and O–H groups in total. The normalized spacial score (nSPS) is 18.5. The molecule has 1 aromatic carbocycles. The van der Waals surface area contributed by atoms with Crippen molar-refractivity contribution in [3.8, 4) is 10.4 Å². The van der Waals surface area contributed by atoms with Gasteiger partial charge in [0, 0.05) is 12.7 Å². The Balaban J connectivity index is 1.83. The van der Waals surface area contributed by atoms with Crippen molar-refractivity contribution in [1.82, 2.24) is 15.6 Å². The summed E-state index contributed by atoms with van der Waals surface area (Å²) in [7, 11) is 0. The van der Waals surface area contributed by atoms with Crippen LogP contribution >= 0.6 is 11.3 Å². The van der Waals surface area contributed by atoms with E-state index in [4.69, 9.17) is 0 Å². The van der Waals surface area contributed by atoms with E-state index in [2.05, 4.69) is 39.9 Å². The van der Waals surface area contributed by atoms with Crippen molar-refractivity contribution >= 4 is 17.4 Å². The number of rotatable bonds is 2. The molecule has 92 valence electrons. The fraction of sp³-hybridized carbons (Fsp3) is 0.231. The molecule has 2 aromatic rings. The van der Waals surface area contributed by atoms with Crippen molar-refractivity contribution in [2.45, 2.75) is 13.0 Å². The standard InChI is InChI=1S/C13H13N3OS/c1-8-14-7-12(18-8)10-4-2-9(3-5-10)11-6-15-13(17)16-11/h2-5,7,11H,6H2,1H3,(H2,15,16,17). The van der Waals surface area contributed by atoms with Gasteiger partial charge in [-0.2, -0.15) is 0 Å². The number of nitrogens with zero attached hydrogens (tertiary/aromatic N) is 1. The predicted octanol–water partition coefficient (Wildman–Crippen LogP) is 2.47. The second-order valence-electron chi connectivity index (χ2n) is 4.27. The third kappa shape index (κ3) is 2.09. The van der Waals surface area contributed by atoms with Crippen molar-refractivity contribution in [2.24, 2.45) is 0 Å². The number of urea groups is 1. The molecule has 2 heterocycles. The van der Waals surface area contributed by atoms with Gasteiger partial charge in [-0.05, 0) is 18.1 Å². The SMILES string of the molecule is Cc1ncc(-c2ccc(C3CNC(=O)N3)cc2)s1. The van der Waals surface area contributed by atoms with Crippen molar-refractivity contribution in [1.29, 1.82) is 0 Å². The van der Waals surface area contributed by atoms with Crippen LogP contribution in [0.2, 0.25) is 0 Å². The van der Waals surface area contributed by atoms with Crippen molar-refractivity contribution in [3.63, 3.8) is 0 Å². The number of carbonyl (C=O) groups is 1. The highest BCUT2D eigenvalue weighted by Crippen LogP contribution is 2.27. The Morgan fingerprint density at radius 1 is 1.33 bits per heavy atom. The summed E-state index contributed by atoms with van der Waals surface area (Å²) >= 11 is 1.69. The van der Waals surface area contributed by atoms with Crippen molar-refractivity contribution in [3.05, 3.63) is 41.0 Å². The summed E-state index contributed by atoms with van der Waals surface area (Å²) in [5.74, 6) is 0. The number of hydrogen-bond donors (Lipinski definition) is 2. The molecular weight excluding hydrogens is 246 g/mol. The van der Waals surface area contributed by atoms with Crippen LogP contribution in [0.5, 0.6) is 0 Å². The van der Waals surface area contributed by atoms with Gasteiger partial charge in [-0.25, -0.2) is 9.78 Å². The molecule has 0 bridgehead atoms. The van der Waals surface area contributed by atoms with Gasteiger partial charge in [-0.1, -0.05) is 24.3 Å². The molecule has 2 amide bonds. The summed E-state index contributed by atoms with van der Waals surface area (Å²) in [5, 5.41) is 6.70. The average molecular weight is 259 g/mol. The van der Waals surface area contributed by atoms with E-state index in [1.807, 2.05) is 13.1 Å². The van der Waals surface area contributed by atoms with Gasteiger partial charge < -0.3 is 10.6 Å². The Hall–Kier alpha value is -1.88. The summed E-state index contributed by atoms with van der Waals surface area (Å²) in [6, 6.07) is 8.25. The molecule has 1 saturated heterocycles. The zero-order valence-electron chi connectivity index (χ0n) is 9.93. The third-order valence-electron chi connectivity index (χ3n) is 2.99. The summed E-state index contributed by atoms with van der Waals surface area (Å²) in [4.78, 5) is 16.5. The van der Waals surface area contributed by atoms with Crippen molar-refractivity contribution in [2.75, 3.05) is 6.54 Å². The minimum absolute atomic E-state index is 0.0785. The van der Waals surface area contributed by atoms with Crippen molar-refractivity contribution < 1.29 is 4.79 Å². The van der Waals surface area contributed by atoms with E-state index in [0.29, 0.717) is 6.54 Å². The van der Waals surface area contributed by atoms with E-state index < -0.39 is 0 Å². The zero-order valence-corrected chi connectivity index (χ0v) is 10.8. The highest BCUT2D eigenvalue weighted by atomic mass is 32.1. The maximum absolute atomic E-state index is 11.1. The molecule has 0 aliphatic carbocycles. The lowest BCUT2D eigenvalue weighted by Crippen LogP contribution is -2.21. The van der Waals surface area contributed by atoms with Crippen LogP contribution in [-0.2, 0) is 0 Å². The van der Waals surface area contributed by atoms with Crippen LogP contribution in [0.25, 0.3) is 10.4 Å². The number of nitrogens with one attached hydrogen (secondary N) is 2. The highest BCUT2D eigenvalue weighted by molar-refractivity contribution is 7.15. The molecule has 1 unspecified atom stereocenters. The lowest BCUT2D eigenvalue weighted by Gasteiger charge is -2.09. The lowest BCUT2D eigenvalue weighted by atomic mass is 10.1. The maximum Gasteiger partial charge on any atom is 0.315 e. The van der Waals surface area contributed by atoms with Gasteiger partial charge in [-0.15, -0.1) is 11.3 Å². The number of benzene rings is 1. The Morgan fingerprint density at radius 2 is 2.11 bits per heavy atom. The Kier molecular flexibility index (Phi) is 2.76. The molecule has 4 nitrogen and oxygen atoms in total. The maximum atomic E-state index is 11.1. The molecule has 3 rings (SSSR count). The first-order valence-corrected chi connectivity index (χ1v) is 6.61. The molecule has 1 aliphatic heterocycles. The van der Waals surface area contributed by atoms with Gasteiger partial charge in [0.25, 0.3) is 0 Å². The molecular formula is C13H13N3OS. The number of aryl methyl sites for hydroxylation is 1.